The van der Waals surface area contributed by atoms with Gasteiger partial charge in [0, 0.05) is 12.3 Å². The van der Waals surface area contributed by atoms with Gasteiger partial charge in [0.25, 0.3) is 0 Å². The Balaban J connectivity index is 1.80. The molecule has 2 amide bonds. The molecule has 136 valence electrons. The smallest absolute Gasteiger partial charge is 0.243 e. The molecule has 1 aliphatic rings. The van der Waals surface area contributed by atoms with Gasteiger partial charge in [0.1, 0.15) is 17.3 Å². The van der Waals surface area contributed by atoms with Crippen molar-refractivity contribution in [1.29, 1.82) is 0 Å². The second-order valence-electron chi connectivity index (χ2n) is 6.08. The van der Waals surface area contributed by atoms with Gasteiger partial charge in [-0.05, 0) is 24.5 Å². The molecule has 2 aromatic rings. The topological polar surface area (TPSA) is 70.7 Å². The minimum absolute atomic E-state index is 0.203. The van der Waals surface area contributed by atoms with Crippen LogP contribution in [0.5, 0.6) is 0 Å². The molecule has 0 bridgehead atoms. The Morgan fingerprint density at radius 2 is 2.00 bits per heavy atom. The molecule has 26 heavy (non-hydrogen) atoms. The summed E-state index contributed by atoms with van der Waals surface area (Å²) >= 11 is 5.77. The lowest BCUT2D eigenvalue weighted by atomic mass is 10.1. The van der Waals surface area contributed by atoms with E-state index >= 15 is 0 Å². The maximum absolute atomic E-state index is 12.6. The molecule has 2 N–H and O–H groups in total. The van der Waals surface area contributed by atoms with Crippen LogP contribution in [0.1, 0.15) is 13.8 Å². The summed E-state index contributed by atoms with van der Waals surface area (Å²) in [6.07, 6.45) is 1.32. The second kappa shape index (κ2) is 7.76. The molecular weight excluding hydrogens is 354 g/mol. The molecule has 1 heterocycles. The average Bonchev–Trinajstić information content (AvgIpc) is 3.05. The molecule has 7 heteroatoms. The number of anilines is 1. The van der Waals surface area contributed by atoms with Gasteiger partial charge in [0.05, 0.1) is 12.2 Å². The van der Waals surface area contributed by atoms with Crippen LogP contribution < -0.4 is 15.7 Å². The summed E-state index contributed by atoms with van der Waals surface area (Å²) in [6, 6.07) is 12.8. The van der Waals surface area contributed by atoms with Crippen LogP contribution in [-0.4, -0.2) is 30.5 Å². The Morgan fingerprint density at radius 3 is 2.69 bits per heavy atom. The van der Waals surface area contributed by atoms with E-state index in [1.807, 2.05) is 42.5 Å². The first-order chi connectivity index (χ1) is 12.5. The predicted molar refractivity (Wildman–Crippen MR) is 102 cm³/mol. The number of nitrogens with one attached hydrogen (secondary N) is 2. The lowest BCUT2D eigenvalue weighted by molar-refractivity contribution is -0.125. The third kappa shape index (κ3) is 3.81. The second-order valence-corrected chi connectivity index (χ2v) is 6.49. The molecular formula is C19H20ClN3O3. The van der Waals surface area contributed by atoms with E-state index in [-0.39, 0.29) is 24.5 Å². The fourth-order valence-electron chi connectivity index (χ4n) is 3.00. The van der Waals surface area contributed by atoms with E-state index in [2.05, 4.69) is 10.8 Å². The van der Waals surface area contributed by atoms with E-state index in [1.165, 1.54) is 11.8 Å². The standard InChI is InChI=1S/C19H20ClN3O3/c1-12(19(25)21-11-15-10-18(20)22-26-15)23(13(2)24)17-9-5-7-14-6-3-4-8-16(14)17/h3-10,12,15,22H,11H2,1-2H3,(H,21,25)/t12-,15?/m0/s1. The Morgan fingerprint density at radius 1 is 1.27 bits per heavy atom. The first-order valence-electron chi connectivity index (χ1n) is 8.31. The van der Waals surface area contributed by atoms with Crippen LogP contribution >= 0.6 is 11.6 Å². The Labute approximate surface area is 156 Å². The van der Waals surface area contributed by atoms with Crippen molar-refractivity contribution >= 4 is 39.9 Å². The number of hydrogen-bond donors (Lipinski definition) is 2. The zero-order valence-corrected chi connectivity index (χ0v) is 15.3. The van der Waals surface area contributed by atoms with E-state index in [1.54, 1.807) is 13.0 Å². The summed E-state index contributed by atoms with van der Waals surface area (Å²) in [4.78, 5) is 31.6. The predicted octanol–water partition coefficient (Wildman–Crippen LogP) is 2.68. The number of carbonyl (C=O) groups is 2. The number of hydrogen-bond acceptors (Lipinski definition) is 4. The number of amides is 2. The van der Waals surface area contributed by atoms with Crippen molar-refractivity contribution in [2.75, 3.05) is 11.4 Å². The summed E-state index contributed by atoms with van der Waals surface area (Å²) < 4.78 is 0. The van der Waals surface area contributed by atoms with Crippen LogP contribution in [0.2, 0.25) is 0 Å². The van der Waals surface area contributed by atoms with E-state index in [0.717, 1.165) is 10.8 Å². The van der Waals surface area contributed by atoms with E-state index in [0.29, 0.717) is 10.8 Å². The van der Waals surface area contributed by atoms with Crippen molar-refractivity contribution < 1.29 is 14.4 Å². The minimum Gasteiger partial charge on any atom is -0.351 e. The number of carbonyl (C=O) groups excluding carboxylic acids is 2. The van der Waals surface area contributed by atoms with Crippen LogP contribution in [0, 0.1) is 0 Å². The molecule has 6 nitrogen and oxygen atoms in total. The summed E-state index contributed by atoms with van der Waals surface area (Å²) in [5, 5.41) is 5.11. The molecule has 1 aliphatic heterocycles. The summed E-state index contributed by atoms with van der Waals surface area (Å²) in [5.41, 5.74) is 3.23. The highest BCUT2D eigenvalue weighted by Gasteiger charge is 2.27. The van der Waals surface area contributed by atoms with Crippen molar-refractivity contribution in [2.24, 2.45) is 0 Å². The molecule has 0 aliphatic carbocycles. The molecule has 0 fully saturated rings. The molecule has 2 aromatic carbocycles. The largest absolute Gasteiger partial charge is 0.351 e. The Hall–Kier alpha value is -2.57. The first-order valence-corrected chi connectivity index (χ1v) is 8.69. The Kier molecular flexibility index (Phi) is 5.44. The minimum atomic E-state index is -0.674. The van der Waals surface area contributed by atoms with E-state index in [4.69, 9.17) is 16.4 Å². The van der Waals surface area contributed by atoms with Gasteiger partial charge in [-0.3, -0.25) is 24.8 Å². The van der Waals surface area contributed by atoms with Gasteiger partial charge in [-0.15, -0.1) is 0 Å². The number of nitrogens with zero attached hydrogens (tertiary/aromatic N) is 1. The first kappa shape index (κ1) is 18.2. The molecule has 1 unspecified atom stereocenters. The van der Waals surface area contributed by atoms with Gasteiger partial charge >= 0.3 is 0 Å². The summed E-state index contributed by atoms with van der Waals surface area (Å²) in [7, 11) is 0. The Bertz CT molecular complexity index is 863. The van der Waals surface area contributed by atoms with Crippen molar-refractivity contribution in [3.63, 3.8) is 0 Å². The van der Waals surface area contributed by atoms with Gasteiger partial charge in [0.15, 0.2) is 0 Å². The highest BCUT2D eigenvalue weighted by molar-refractivity contribution is 6.29. The van der Waals surface area contributed by atoms with Crippen LogP contribution in [-0.2, 0) is 14.4 Å². The number of fused-ring (bicyclic) bond motifs is 1. The number of benzene rings is 2. The summed E-state index contributed by atoms with van der Waals surface area (Å²) in [5.74, 6) is -0.473. The maximum atomic E-state index is 12.6. The third-order valence-corrected chi connectivity index (χ3v) is 4.45. The van der Waals surface area contributed by atoms with Gasteiger partial charge < -0.3 is 5.32 Å². The molecule has 0 radical (unpaired) electrons. The van der Waals surface area contributed by atoms with Crippen LogP contribution in [0.25, 0.3) is 10.8 Å². The molecule has 0 saturated heterocycles. The fourth-order valence-corrected chi connectivity index (χ4v) is 3.18. The molecule has 0 saturated carbocycles. The van der Waals surface area contributed by atoms with Gasteiger partial charge in [0.2, 0.25) is 11.8 Å². The molecule has 0 aromatic heterocycles. The van der Waals surface area contributed by atoms with Crippen molar-refractivity contribution in [3.05, 3.63) is 53.7 Å². The number of hydroxylamine groups is 1. The number of halogens is 1. The third-order valence-electron chi connectivity index (χ3n) is 4.25. The summed E-state index contributed by atoms with van der Waals surface area (Å²) in [6.45, 7) is 3.42. The lowest BCUT2D eigenvalue weighted by Crippen LogP contribution is -2.49. The zero-order chi connectivity index (χ0) is 18.7. The van der Waals surface area contributed by atoms with Crippen LogP contribution in [0.3, 0.4) is 0 Å². The SMILES string of the molecule is CC(=O)N(c1cccc2ccccc12)[C@@H](C)C(=O)NCC1C=C(Cl)NO1. The fraction of sp³-hybridized carbons (Fsp3) is 0.263. The maximum Gasteiger partial charge on any atom is 0.243 e. The van der Waals surface area contributed by atoms with Crippen molar-refractivity contribution in [2.45, 2.75) is 26.0 Å². The highest BCUT2D eigenvalue weighted by Crippen LogP contribution is 2.28. The van der Waals surface area contributed by atoms with Gasteiger partial charge in [-0.2, -0.15) is 0 Å². The monoisotopic (exact) mass is 373 g/mol. The quantitative estimate of drug-likeness (QED) is 0.790. The highest BCUT2D eigenvalue weighted by atomic mass is 35.5. The number of rotatable bonds is 5. The van der Waals surface area contributed by atoms with E-state index in [9.17, 15) is 9.59 Å². The molecule has 0 spiro atoms. The van der Waals surface area contributed by atoms with Crippen LogP contribution in [0.15, 0.2) is 53.7 Å². The van der Waals surface area contributed by atoms with Crippen molar-refractivity contribution in [3.8, 4) is 0 Å². The van der Waals surface area contributed by atoms with Crippen molar-refractivity contribution in [1.82, 2.24) is 10.8 Å². The van der Waals surface area contributed by atoms with Gasteiger partial charge in [-0.1, -0.05) is 48.0 Å². The van der Waals surface area contributed by atoms with Crippen LogP contribution in [0.4, 0.5) is 5.69 Å². The molecule has 3 rings (SSSR count). The normalized spacial score (nSPS) is 17.3. The van der Waals surface area contributed by atoms with Gasteiger partial charge in [-0.25, -0.2) is 0 Å². The average molecular weight is 374 g/mol. The molecule has 2 atom stereocenters. The van der Waals surface area contributed by atoms with E-state index < -0.39 is 6.04 Å². The zero-order valence-electron chi connectivity index (χ0n) is 14.5. The lowest BCUT2D eigenvalue weighted by Gasteiger charge is -2.28.